The van der Waals surface area contributed by atoms with Crippen LogP contribution < -0.4 is 0 Å². The fourth-order valence-electron chi connectivity index (χ4n) is 7.02. The predicted octanol–water partition coefficient (Wildman–Crippen LogP) is 9.76. The molecule has 0 spiro atoms. The summed E-state index contributed by atoms with van der Waals surface area (Å²) in [5.74, 6) is 0. The van der Waals surface area contributed by atoms with Crippen molar-refractivity contribution in [2.45, 2.75) is 119 Å². The van der Waals surface area contributed by atoms with E-state index in [2.05, 4.69) is 148 Å². The number of hydrogen-bond acceptors (Lipinski definition) is 3. The Kier molecular flexibility index (Phi) is 11.6. The number of allylic oxidation sites excluding steroid dienone is 16. The van der Waals surface area contributed by atoms with Crippen molar-refractivity contribution in [1.29, 1.82) is 0 Å². The second-order valence-corrected chi connectivity index (χ2v) is 14.5. The van der Waals surface area contributed by atoms with E-state index in [0.717, 1.165) is 19.3 Å². The first-order valence-corrected chi connectivity index (χ1v) is 15.9. The Labute approximate surface area is 262 Å². The van der Waals surface area contributed by atoms with E-state index in [0.29, 0.717) is 6.42 Å². The molecule has 3 aliphatic rings. The van der Waals surface area contributed by atoms with E-state index in [1.165, 1.54) is 39.0 Å². The Morgan fingerprint density at radius 2 is 1.26 bits per heavy atom. The van der Waals surface area contributed by atoms with Crippen molar-refractivity contribution in [3.8, 4) is 0 Å². The lowest BCUT2D eigenvalue weighted by Crippen LogP contribution is -2.45. The van der Waals surface area contributed by atoms with Gasteiger partial charge >= 0.3 is 0 Å². The number of fused-ring (bicyclic) bond motifs is 1. The molecular weight excluding hydrogens is 528 g/mol. The topological polar surface area (TPSA) is 49.7 Å². The lowest BCUT2D eigenvalue weighted by molar-refractivity contribution is -0.0683. The van der Waals surface area contributed by atoms with Crippen molar-refractivity contribution < 1.29 is 14.9 Å². The Morgan fingerprint density at radius 3 is 1.86 bits per heavy atom. The fraction of sp³-hybridized carbons (Fsp3) is 0.500. The summed E-state index contributed by atoms with van der Waals surface area (Å²) in [4.78, 5) is 0. The highest BCUT2D eigenvalue weighted by molar-refractivity contribution is 5.39. The second-order valence-electron chi connectivity index (χ2n) is 14.5. The molecule has 3 rings (SSSR count). The summed E-state index contributed by atoms with van der Waals surface area (Å²) in [5, 5.41) is 20.5. The molecule has 0 aromatic rings. The quantitative estimate of drug-likeness (QED) is 0.209. The zero-order valence-corrected chi connectivity index (χ0v) is 28.4. The minimum absolute atomic E-state index is 0.00171. The van der Waals surface area contributed by atoms with Crippen LogP contribution in [0.15, 0.2) is 118 Å². The van der Waals surface area contributed by atoms with Crippen molar-refractivity contribution in [3.63, 3.8) is 0 Å². The van der Waals surface area contributed by atoms with Gasteiger partial charge in [-0.15, -0.1) is 0 Å². The van der Waals surface area contributed by atoms with Crippen LogP contribution in [0.5, 0.6) is 0 Å². The van der Waals surface area contributed by atoms with E-state index in [9.17, 15) is 10.2 Å². The van der Waals surface area contributed by atoms with Crippen molar-refractivity contribution in [1.82, 2.24) is 0 Å². The highest BCUT2D eigenvalue weighted by Gasteiger charge is 2.50. The van der Waals surface area contributed by atoms with Gasteiger partial charge in [0, 0.05) is 6.42 Å². The van der Waals surface area contributed by atoms with Crippen molar-refractivity contribution in [2.75, 3.05) is 0 Å². The molecule has 0 saturated heterocycles. The van der Waals surface area contributed by atoms with Gasteiger partial charge in [-0.1, -0.05) is 123 Å². The molecule has 2 aliphatic carbocycles. The normalized spacial score (nSPS) is 30.8. The van der Waals surface area contributed by atoms with Crippen LogP contribution in [0.1, 0.15) is 94.9 Å². The minimum Gasteiger partial charge on any atom is -0.393 e. The minimum atomic E-state index is -0.381. The van der Waals surface area contributed by atoms with Crippen molar-refractivity contribution >= 4 is 0 Å². The Hall–Kier alpha value is -2.72. The average Bonchev–Trinajstić information content (AvgIpc) is 3.23. The molecular formula is C40H56O3. The third kappa shape index (κ3) is 9.63. The van der Waals surface area contributed by atoms with Gasteiger partial charge in [-0.2, -0.15) is 0 Å². The smallest absolute Gasteiger partial charge is 0.0982 e. The Balaban J connectivity index is 1.52. The summed E-state index contributed by atoms with van der Waals surface area (Å²) in [7, 11) is 0. The molecule has 1 saturated carbocycles. The average molecular weight is 585 g/mol. The maximum atomic E-state index is 10.4. The first kappa shape index (κ1) is 34.8. The van der Waals surface area contributed by atoms with Crippen molar-refractivity contribution in [2.24, 2.45) is 10.8 Å². The van der Waals surface area contributed by atoms with Gasteiger partial charge in [0.2, 0.25) is 0 Å². The van der Waals surface area contributed by atoms with Gasteiger partial charge in [0.15, 0.2) is 0 Å². The van der Waals surface area contributed by atoms with Crippen LogP contribution in [0.3, 0.4) is 0 Å². The SMILES string of the molecule is CC1=C(/C=C/C(C)=C/C=C/C(C)=C/C=C/C=C(C)/C=C/C=C(\C)[C@H]2C=C3C(C)(C)C[C@H](O)C[C@@]3(C)O2)C(C)(C)C[C@H](O)C1. The molecule has 1 heterocycles. The van der Waals surface area contributed by atoms with Crippen LogP contribution in [0, 0.1) is 10.8 Å². The highest BCUT2D eigenvalue weighted by Crippen LogP contribution is 2.52. The molecule has 0 aromatic carbocycles. The van der Waals surface area contributed by atoms with Crippen LogP contribution in [-0.2, 0) is 4.74 Å². The molecule has 0 amide bonds. The van der Waals surface area contributed by atoms with Crippen LogP contribution in [-0.4, -0.2) is 34.1 Å². The maximum absolute atomic E-state index is 10.4. The molecule has 3 heteroatoms. The van der Waals surface area contributed by atoms with Gasteiger partial charge in [0.05, 0.1) is 23.9 Å². The maximum Gasteiger partial charge on any atom is 0.0982 e. The number of aliphatic hydroxyl groups is 2. The van der Waals surface area contributed by atoms with E-state index < -0.39 is 0 Å². The van der Waals surface area contributed by atoms with Crippen LogP contribution in [0.4, 0.5) is 0 Å². The zero-order valence-electron chi connectivity index (χ0n) is 28.4. The summed E-state index contributed by atoms with van der Waals surface area (Å²) in [6.45, 7) is 21.6. The van der Waals surface area contributed by atoms with Gasteiger partial charge in [0.25, 0.3) is 0 Å². The summed E-state index contributed by atoms with van der Waals surface area (Å²) < 4.78 is 6.46. The molecule has 0 unspecified atom stereocenters. The number of aliphatic hydroxyl groups excluding tert-OH is 2. The molecule has 1 aliphatic heterocycles. The third-order valence-corrected chi connectivity index (χ3v) is 9.08. The van der Waals surface area contributed by atoms with Crippen molar-refractivity contribution in [3.05, 3.63) is 118 Å². The first-order valence-electron chi connectivity index (χ1n) is 15.9. The Morgan fingerprint density at radius 1 is 0.721 bits per heavy atom. The lowest BCUT2D eigenvalue weighted by atomic mass is 9.65. The largest absolute Gasteiger partial charge is 0.393 e. The molecule has 0 bridgehead atoms. The molecule has 2 N–H and O–H groups in total. The van der Waals surface area contributed by atoms with E-state index in [1.807, 2.05) is 0 Å². The standard InChI is InChI=1S/C40H56O3/c1-28(17-13-18-30(3)21-22-35-32(5)23-33(41)25-38(35,6)7)15-11-12-16-29(2)19-14-20-31(4)36-24-37-39(8,9)26-34(42)27-40(37,10)43-36/h11-22,24,33-34,36,41-42H,23,25-27H2,1-10H3/b12-11+,17-13+,19-14+,22-21+,28-15+,29-16+,30-18+,31-20+/t33-,34+,36-,40-/m1/s1. The fourth-order valence-corrected chi connectivity index (χ4v) is 7.02. The molecule has 43 heavy (non-hydrogen) atoms. The van der Waals surface area contributed by atoms with Gasteiger partial charge in [-0.05, 0) is 94.4 Å². The van der Waals surface area contributed by atoms with Crippen LogP contribution >= 0.6 is 0 Å². The summed E-state index contributed by atoms with van der Waals surface area (Å²) in [6.07, 6.45) is 30.2. The highest BCUT2D eigenvalue weighted by atomic mass is 16.5. The second kappa shape index (κ2) is 14.4. The lowest BCUT2D eigenvalue weighted by Gasteiger charge is -2.44. The molecule has 4 atom stereocenters. The summed E-state index contributed by atoms with van der Waals surface area (Å²) >= 11 is 0. The van der Waals surface area contributed by atoms with Gasteiger partial charge in [0.1, 0.15) is 0 Å². The predicted molar refractivity (Wildman–Crippen MR) is 184 cm³/mol. The third-order valence-electron chi connectivity index (χ3n) is 9.08. The van der Waals surface area contributed by atoms with Gasteiger partial charge < -0.3 is 14.9 Å². The Bertz CT molecular complexity index is 1330. The van der Waals surface area contributed by atoms with E-state index in [4.69, 9.17) is 4.74 Å². The first-order chi connectivity index (χ1) is 20.0. The van der Waals surface area contributed by atoms with E-state index in [1.54, 1.807) is 0 Å². The zero-order chi connectivity index (χ0) is 32.0. The molecule has 1 fully saturated rings. The van der Waals surface area contributed by atoms with Crippen LogP contribution in [0.25, 0.3) is 0 Å². The monoisotopic (exact) mass is 584 g/mol. The van der Waals surface area contributed by atoms with E-state index in [-0.39, 0.29) is 34.7 Å². The number of hydrogen-bond donors (Lipinski definition) is 2. The van der Waals surface area contributed by atoms with Gasteiger partial charge in [-0.3, -0.25) is 0 Å². The molecule has 0 radical (unpaired) electrons. The summed E-state index contributed by atoms with van der Waals surface area (Å²) in [5.41, 5.74) is 8.25. The molecule has 0 aromatic heterocycles. The van der Waals surface area contributed by atoms with Gasteiger partial charge in [-0.25, -0.2) is 0 Å². The summed E-state index contributed by atoms with van der Waals surface area (Å²) in [6, 6.07) is 0. The van der Waals surface area contributed by atoms with Crippen LogP contribution in [0.2, 0.25) is 0 Å². The number of ether oxygens (including phenoxy) is 1. The van der Waals surface area contributed by atoms with E-state index >= 15 is 0 Å². The number of rotatable bonds is 9. The molecule has 234 valence electrons. The molecule has 3 nitrogen and oxygen atoms in total.